The van der Waals surface area contributed by atoms with Crippen molar-refractivity contribution >= 4 is 57.0 Å². The molecule has 0 aromatic heterocycles. The molecule has 0 aliphatic carbocycles. The summed E-state index contributed by atoms with van der Waals surface area (Å²) in [5.41, 5.74) is 0.741. The Hall–Kier alpha value is -2.23. The SMILES string of the molecule is CC(C)N1CC2N(Sc3ccc(OC(F)(F)F)cc3Cl)CC(NS(C)(=O)=O)C(=O)N2C(Cc2ccc(Cl)cc2)C1=O. The van der Waals surface area contributed by atoms with Gasteiger partial charge in [-0.1, -0.05) is 35.3 Å². The van der Waals surface area contributed by atoms with E-state index in [2.05, 4.69) is 9.46 Å². The van der Waals surface area contributed by atoms with E-state index in [0.717, 1.165) is 35.9 Å². The highest BCUT2D eigenvalue weighted by atomic mass is 35.5. The number of rotatable bonds is 8. The molecule has 16 heteroatoms. The monoisotopic (exact) mass is 654 g/mol. The van der Waals surface area contributed by atoms with Gasteiger partial charge in [0.05, 0.1) is 17.8 Å². The van der Waals surface area contributed by atoms with Crippen molar-refractivity contribution in [3.63, 3.8) is 0 Å². The van der Waals surface area contributed by atoms with Crippen molar-refractivity contribution in [2.75, 3.05) is 19.3 Å². The van der Waals surface area contributed by atoms with E-state index in [1.165, 1.54) is 11.0 Å². The van der Waals surface area contributed by atoms with Crippen molar-refractivity contribution in [3.05, 3.63) is 58.1 Å². The third-order valence-corrected chi connectivity index (χ3v) is 9.08. The average Bonchev–Trinajstić information content (AvgIpc) is 2.84. The largest absolute Gasteiger partial charge is 0.573 e. The lowest BCUT2D eigenvalue weighted by atomic mass is 9.96. The Balaban J connectivity index is 1.73. The Labute approximate surface area is 250 Å². The summed E-state index contributed by atoms with van der Waals surface area (Å²) in [4.78, 5) is 30.9. The van der Waals surface area contributed by atoms with E-state index < -0.39 is 46.3 Å². The molecule has 2 aliphatic heterocycles. The molecule has 41 heavy (non-hydrogen) atoms. The number of halogens is 5. The summed E-state index contributed by atoms with van der Waals surface area (Å²) in [5.74, 6) is -1.36. The van der Waals surface area contributed by atoms with Gasteiger partial charge in [-0.3, -0.25) is 9.59 Å². The molecule has 0 bridgehead atoms. The van der Waals surface area contributed by atoms with Gasteiger partial charge in [-0.05, 0) is 55.6 Å². The third kappa shape index (κ3) is 7.79. The van der Waals surface area contributed by atoms with Crippen molar-refractivity contribution in [1.82, 2.24) is 18.8 Å². The fraction of sp³-hybridized carbons (Fsp3) is 0.440. The Morgan fingerprint density at radius 1 is 1.07 bits per heavy atom. The number of alkyl halides is 3. The first-order valence-corrected chi connectivity index (χ1v) is 15.8. The molecule has 2 fully saturated rings. The number of benzene rings is 2. The average molecular weight is 656 g/mol. The highest BCUT2D eigenvalue weighted by Crippen LogP contribution is 2.39. The van der Waals surface area contributed by atoms with Crippen LogP contribution in [0.3, 0.4) is 0 Å². The maximum Gasteiger partial charge on any atom is 0.573 e. The van der Waals surface area contributed by atoms with E-state index >= 15 is 0 Å². The van der Waals surface area contributed by atoms with Crippen LogP contribution in [-0.2, 0) is 26.0 Å². The summed E-state index contributed by atoms with van der Waals surface area (Å²) in [7, 11) is -3.83. The first kappa shape index (κ1) is 31.7. The molecule has 3 unspecified atom stereocenters. The predicted octanol–water partition coefficient (Wildman–Crippen LogP) is 4.15. The zero-order chi connectivity index (χ0) is 30.3. The minimum absolute atomic E-state index is 0.0434. The summed E-state index contributed by atoms with van der Waals surface area (Å²) in [6.45, 7) is 3.71. The van der Waals surface area contributed by atoms with E-state index in [9.17, 15) is 31.2 Å². The van der Waals surface area contributed by atoms with Gasteiger partial charge in [0.25, 0.3) is 0 Å². The lowest BCUT2D eigenvalue weighted by Crippen LogP contribution is -2.74. The maximum absolute atomic E-state index is 13.8. The number of carbonyl (C=O) groups excluding carboxylic acids is 2. The number of nitrogens with zero attached hydrogens (tertiary/aromatic N) is 3. The quantitative estimate of drug-likeness (QED) is 0.427. The molecule has 2 saturated heterocycles. The number of amides is 2. The minimum Gasteiger partial charge on any atom is -0.406 e. The van der Waals surface area contributed by atoms with Crippen molar-refractivity contribution in [2.45, 2.75) is 55.8 Å². The standard InChI is InChI=1S/C25H27Cl2F3N4O5S2/c1-14(2)32-13-22-33(40-21-9-8-17(11-18(21)27)39-25(28,29)30)12-19(31-41(3,37)38)23(35)34(22)20(24(32)36)10-15-4-6-16(26)7-5-15/h4-9,11,14,19-20,22,31H,10,12-13H2,1-3H3. The Morgan fingerprint density at radius 2 is 1.73 bits per heavy atom. The molecule has 0 saturated carbocycles. The second kappa shape index (κ2) is 12.2. The molecule has 2 amide bonds. The molecule has 4 rings (SSSR count). The molecular formula is C25H27Cl2F3N4O5S2. The van der Waals surface area contributed by atoms with Gasteiger partial charge >= 0.3 is 6.36 Å². The molecule has 2 aromatic carbocycles. The highest BCUT2D eigenvalue weighted by molar-refractivity contribution is 7.97. The smallest absolute Gasteiger partial charge is 0.406 e. The number of fused-ring (bicyclic) bond motifs is 1. The molecule has 2 heterocycles. The molecule has 9 nitrogen and oxygen atoms in total. The zero-order valence-corrected chi connectivity index (χ0v) is 25.2. The topological polar surface area (TPSA) is 99.3 Å². The van der Waals surface area contributed by atoms with Crippen molar-refractivity contribution in [3.8, 4) is 5.75 Å². The number of hydrogen-bond acceptors (Lipinski definition) is 7. The minimum atomic E-state index is -4.90. The van der Waals surface area contributed by atoms with Crippen LogP contribution in [0.1, 0.15) is 19.4 Å². The summed E-state index contributed by atoms with van der Waals surface area (Å²) >= 11 is 13.4. The van der Waals surface area contributed by atoms with Gasteiger partial charge in [-0.25, -0.2) is 17.4 Å². The van der Waals surface area contributed by atoms with Crippen molar-refractivity contribution in [1.29, 1.82) is 0 Å². The second-order valence-corrected chi connectivity index (χ2v) is 13.6. The number of hydrogen-bond donors (Lipinski definition) is 1. The summed E-state index contributed by atoms with van der Waals surface area (Å²) in [6.07, 6.45) is -4.53. The molecular weight excluding hydrogens is 628 g/mol. The number of nitrogens with one attached hydrogen (secondary N) is 1. The molecule has 1 N–H and O–H groups in total. The lowest BCUT2D eigenvalue weighted by Gasteiger charge is -2.54. The van der Waals surface area contributed by atoms with E-state index in [0.29, 0.717) is 9.92 Å². The van der Waals surface area contributed by atoms with Crippen molar-refractivity contribution in [2.24, 2.45) is 0 Å². The fourth-order valence-corrected chi connectivity index (χ4v) is 6.91. The number of sulfonamides is 1. The van der Waals surface area contributed by atoms with Gasteiger partial charge in [0.2, 0.25) is 21.8 Å². The molecule has 3 atom stereocenters. The predicted molar refractivity (Wildman–Crippen MR) is 149 cm³/mol. The Kier molecular flexibility index (Phi) is 9.41. The zero-order valence-electron chi connectivity index (χ0n) is 22.1. The summed E-state index contributed by atoms with van der Waals surface area (Å²) < 4.78 is 70.4. The normalized spacial score (nSPS) is 22.3. The van der Waals surface area contributed by atoms with Crippen LogP contribution < -0.4 is 9.46 Å². The first-order chi connectivity index (χ1) is 19.0. The first-order valence-electron chi connectivity index (χ1n) is 12.4. The highest BCUT2D eigenvalue weighted by Gasteiger charge is 2.51. The van der Waals surface area contributed by atoms with Crippen LogP contribution in [0, 0.1) is 0 Å². The van der Waals surface area contributed by atoms with Crippen LogP contribution >= 0.6 is 35.1 Å². The van der Waals surface area contributed by atoms with E-state index in [-0.39, 0.29) is 36.5 Å². The van der Waals surface area contributed by atoms with E-state index in [1.54, 1.807) is 33.5 Å². The van der Waals surface area contributed by atoms with Gasteiger partial charge in [0, 0.05) is 35.0 Å². The van der Waals surface area contributed by atoms with Crippen LogP contribution in [0.4, 0.5) is 13.2 Å². The third-order valence-electron chi connectivity index (χ3n) is 6.51. The van der Waals surface area contributed by atoms with Gasteiger partial charge in [0.1, 0.15) is 24.0 Å². The van der Waals surface area contributed by atoms with Gasteiger partial charge in [0.15, 0.2) is 0 Å². The lowest BCUT2D eigenvalue weighted by molar-refractivity contribution is -0.274. The van der Waals surface area contributed by atoms with E-state index in [1.807, 2.05) is 13.8 Å². The van der Waals surface area contributed by atoms with Gasteiger partial charge in [-0.2, -0.15) is 0 Å². The summed E-state index contributed by atoms with van der Waals surface area (Å²) in [5, 5.41) is 0.459. The number of ether oxygens (including phenoxy) is 1. The molecule has 2 aromatic rings. The van der Waals surface area contributed by atoms with Gasteiger partial charge in [-0.15, -0.1) is 13.2 Å². The van der Waals surface area contributed by atoms with Crippen LogP contribution in [-0.4, -0.2) is 84.3 Å². The van der Waals surface area contributed by atoms with Crippen LogP contribution in [0.2, 0.25) is 10.0 Å². The maximum atomic E-state index is 13.8. The Morgan fingerprint density at radius 3 is 2.29 bits per heavy atom. The van der Waals surface area contributed by atoms with Crippen LogP contribution in [0.25, 0.3) is 0 Å². The number of piperazine rings is 1. The number of carbonyl (C=O) groups is 2. The molecule has 0 spiro atoms. The molecule has 2 aliphatic rings. The fourth-order valence-electron chi connectivity index (χ4n) is 4.78. The second-order valence-electron chi connectivity index (χ2n) is 9.93. The summed E-state index contributed by atoms with van der Waals surface area (Å²) in [6, 6.07) is 7.89. The van der Waals surface area contributed by atoms with Crippen molar-refractivity contribution < 1.29 is 35.9 Å². The van der Waals surface area contributed by atoms with Crippen LogP contribution in [0.15, 0.2) is 47.4 Å². The molecule has 0 radical (unpaired) electrons. The van der Waals surface area contributed by atoms with Crippen LogP contribution in [0.5, 0.6) is 5.75 Å². The molecule has 224 valence electrons. The van der Waals surface area contributed by atoms with Gasteiger partial charge < -0.3 is 14.5 Å². The Bertz CT molecular complexity index is 1410. The van der Waals surface area contributed by atoms with E-state index in [4.69, 9.17) is 23.2 Å².